The number of para-hydroxylation sites is 1. The van der Waals surface area contributed by atoms with Crippen LogP contribution in [0, 0.1) is 5.92 Å². The molecule has 0 aromatic heterocycles. The second-order valence-electron chi connectivity index (χ2n) is 3.60. The Morgan fingerprint density at radius 1 is 1.47 bits per heavy atom. The number of anilines is 1. The summed E-state index contributed by atoms with van der Waals surface area (Å²) in [5.74, 6) is -1.70. The Labute approximate surface area is 104 Å². The molecule has 0 spiro atoms. The van der Waals surface area contributed by atoms with Crippen LogP contribution in [0.4, 0.5) is 5.69 Å². The number of rotatable bonds is 4. The molecule has 1 rings (SSSR count). The average molecular weight is 257 g/mol. The molecule has 1 aromatic rings. The normalized spacial score (nSPS) is 11.9. The lowest BCUT2D eigenvalue weighted by atomic mass is 10.1. The van der Waals surface area contributed by atoms with Crippen LogP contribution in [0.1, 0.15) is 17.3 Å². The van der Waals surface area contributed by atoms with Crippen LogP contribution in [0.25, 0.3) is 0 Å². The van der Waals surface area contributed by atoms with Gasteiger partial charge in [-0.05, 0) is 12.1 Å². The number of carbonyl (C=O) groups excluding carboxylic acids is 2. The number of primary amides is 1. The van der Waals surface area contributed by atoms with E-state index in [9.17, 15) is 9.59 Å². The molecule has 0 aliphatic carbocycles. The van der Waals surface area contributed by atoms with Crippen LogP contribution in [0.3, 0.4) is 0 Å². The van der Waals surface area contributed by atoms with Crippen molar-refractivity contribution in [3.8, 4) is 0 Å². The molecule has 17 heavy (non-hydrogen) atoms. The highest BCUT2D eigenvalue weighted by molar-refractivity contribution is 6.33. The summed E-state index contributed by atoms with van der Waals surface area (Å²) in [6, 6.07) is 4.66. The van der Waals surface area contributed by atoms with Gasteiger partial charge in [0.1, 0.15) is 6.61 Å². The third-order valence-corrected chi connectivity index (χ3v) is 2.55. The highest BCUT2D eigenvalue weighted by Gasteiger charge is 2.16. The van der Waals surface area contributed by atoms with Crippen molar-refractivity contribution in [2.45, 2.75) is 6.92 Å². The van der Waals surface area contributed by atoms with E-state index in [0.717, 1.165) is 0 Å². The Bertz CT molecular complexity index is 448. The highest BCUT2D eigenvalue weighted by atomic mass is 35.5. The lowest BCUT2D eigenvalue weighted by Gasteiger charge is -2.10. The maximum Gasteiger partial charge on any atom is 0.340 e. The first-order valence-corrected chi connectivity index (χ1v) is 5.31. The van der Waals surface area contributed by atoms with Crippen molar-refractivity contribution < 1.29 is 14.3 Å². The predicted molar refractivity (Wildman–Crippen MR) is 64.5 cm³/mol. The van der Waals surface area contributed by atoms with E-state index in [4.69, 9.17) is 27.8 Å². The number of hydrogen-bond acceptors (Lipinski definition) is 4. The van der Waals surface area contributed by atoms with Crippen molar-refractivity contribution in [2.75, 3.05) is 12.3 Å². The fourth-order valence-corrected chi connectivity index (χ4v) is 1.25. The maximum atomic E-state index is 11.6. The van der Waals surface area contributed by atoms with Crippen LogP contribution in [0.15, 0.2) is 18.2 Å². The predicted octanol–water partition coefficient (Wildman–Crippen LogP) is 1.20. The standard InChI is InChI=1S/C11H13ClN2O3/c1-6(10(14)15)5-17-11(16)7-3-2-4-8(12)9(7)13/h2-4,6H,5,13H2,1H3,(H2,14,15). The molecule has 0 saturated carbocycles. The van der Waals surface area contributed by atoms with Crippen molar-refractivity contribution in [3.05, 3.63) is 28.8 Å². The zero-order chi connectivity index (χ0) is 13.0. The number of benzene rings is 1. The van der Waals surface area contributed by atoms with Gasteiger partial charge < -0.3 is 16.2 Å². The minimum absolute atomic E-state index is 0.0832. The van der Waals surface area contributed by atoms with Crippen LogP contribution in [-0.4, -0.2) is 18.5 Å². The lowest BCUT2D eigenvalue weighted by Crippen LogP contribution is -2.26. The lowest BCUT2D eigenvalue weighted by molar-refractivity contribution is -0.122. The summed E-state index contributed by atoms with van der Waals surface area (Å²) >= 11 is 5.76. The SMILES string of the molecule is CC(COC(=O)c1cccc(Cl)c1N)C(N)=O. The first-order chi connectivity index (χ1) is 7.93. The smallest absolute Gasteiger partial charge is 0.340 e. The molecule has 0 bridgehead atoms. The van der Waals surface area contributed by atoms with Gasteiger partial charge in [-0.2, -0.15) is 0 Å². The topological polar surface area (TPSA) is 95.4 Å². The number of amides is 1. The fourth-order valence-electron chi connectivity index (χ4n) is 1.08. The molecule has 1 aromatic carbocycles. The Morgan fingerprint density at radius 2 is 2.12 bits per heavy atom. The third-order valence-electron chi connectivity index (χ3n) is 2.22. The first-order valence-electron chi connectivity index (χ1n) is 4.94. The van der Waals surface area contributed by atoms with Crippen LogP contribution >= 0.6 is 11.6 Å². The summed E-state index contributed by atoms with van der Waals surface area (Å²) in [6.45, 7) is 1.48. The van der Waals surface area contributed by atoms with Crippen molar-refractivity contribution >= 4 is 29.2 Å². The molecule has 0 aliphatic rings. The van der Waals surface area contributed by atoms with E-state index in [1.54, 1.807) is 19.1 Å². The van der Waals surface area contributed by atoms with Crippen LogP contribution in [0.5, 0.6) is 0 Å². The van der Waals surface area contributed by atoms with Gasteiger partial charge in [0.05, 0.1) is 22.2 Å². The Kier molecular flexibility index (Phi) is 4.34. The number of ether oxygens (including phenoxy) is 1. The van der Waals surface area contributed by atoms with Gasteiger partial charge in [0, 0.05) is 0 Å². The molecule has 1 unspecified atom stereocenters. The molecular weight excluding hydrogens is 244 g/mol. The van der Waals surface area contributed by atoms with E-state index < -0.39 is 17.8 Å². The third kappa shape index (κ3) is 3.35. The number of hydrogen-bond donors (Lipinski definition) is 2. The van der Waals surface area contributed by atoms with Gasteiger partial charge in [0.15, 0.2) is 0 Å². The molecule has 5 nitrogen and oxygen atoms in total. The molecule has 0 fully saturated rings. The van der Waals surface area contributed by atoms with E-state index >= 15 is 0 Å². The first kappa shape index (κ1) is 13.3. The summed E-state index contributed by atoms with van der Waals surface area (Å²) in [7, 11) is 0. The summed E-state index contributed by atoms with van der Waals surface area (Å²) in [5.41, 5.74) is 11.0. The second-order valence-corrected chi connectivity index (χ2v) is 4.01. The van der Waals surface area contributed by atoms with Gasteiger partial charge in [-0.1, -0.05) is 24.6 Å². The average Bonchev–Trinajstić information content (AvgIpc) is 2.29. The van der Waals surface area contributed by atoms with Crippen LogP contribution < -0.4 is 11.5 Å². The fraction of sp³-hybridized carbons (Fsp3) is 0.273. The van der Waals surface area contributed by atoms with Crippen molar-refractivity contribution in [1.29, 1.82) is 0 Å². The van der Waals surface area contributed by atoms with Gasteiger partial charge >= 0.3 is 5.97 Å². The van der Waals surface area contributed by atoms with Gasteiger partial charge in [0.25, 0.3) is 0 Å². The van der Waals surface area contributed by atoms with Crippen molar-refractivity contribution in [1.82, 2.24) is 0 Å². The number of halogens is 1. The second kappa shape index (κ2) is 5.54. The molecule has 0 radical (unpaired) electrons. The summed E-state index contributed by atoms with van der Waals surface area (Å²) in [5, 5.41) is 0.280. The van der Waals surface area contributed by atoms with E-state index in [2.05, 4.69) is 0 Å². The maximum absolute atomic E-state index is 11.6. The number of nitrogens with two attached hydrogens (primary N) is 2. The number of carbonyl (C=O) groups is 2. The molecule has 1 atom stereocenters. The minimum Gasteiger partial charge on any atom is -0.461 e. The summed E-state index contributed by atoms with van der Waals surface area (Å²) in [4.78, 5) is 22.4. The monoisotopic (exact) mass is 256 g/mol. The number of nitrogen functional groups attached to an aromatic ring is 1. The van der Waals surface area contributed by atoms with Crippen molar-refractivity contribution in [2.24, 2.45) is 11.7 Å². The Hall–Kier alpha value is -1.75. The van der Waals surface area contributed by atoms with E-state index in [-0.39, 0.29) is 22.9 Å². The van der Waals surface area contributed by atoms with E-state index in [0.29, 0.717) is 0 Å². The van der Waals surface area contributed by atoms with E-state index in [1.807, 2.05) is 0 Å². The summed E-state index contributed by atoms with van der Waals surface area (Å²) in [6.07, 6.45) is 0. The van der Waals surface area contributed by atoms with E-state index in [1.165, 1.54) is 6.07 Å². The van der Waals surface area contributed by atoms with Gasteiger partial charge in [-0.15, -0.1) is 0 Å². The zero-order valence-electron chi connectivity index (χ0n) is 9.27. The summed E-state index contributed by atoms with van der Waals surface area (Å²) < 4.78 is 4.91. The molecular formula is C11H13ClN2O3. The largest absolute Gasteiger partial charge is 0.461 e. The van der Waals surface area contributed by atoms with Crippen LogP contribution in [0.2, 0.25) is 5.02 Å². The molecule has 0 saturated heterocycles. The number of esters is 1. The Balaban J connectivity index is 2.71. The quantitative estimate of drug-likeness (QED) is 0.625. The minimum atomic E-state index is -0.627. The molecule has 1 amide bonds. The van der Waals surface area contributed by atoms with Crippen molar-refractivity contribution in [3.63, 3.8) is 0 Å². The molecule has 6 heteroatoms. The van der Waals surface area contributed by atoms with Crippen LogP contribution in [-0.2, 0) is 9.53 Å². The van der Waals surface area contributed by atoms with Gasteiger partial charge in [0.2, 0.25) is 5.91 Å². The molecule has 0 heterocycles. The Morgan fingerprint density at radius 3 is 2.71 bits per heavy atom. The van der Waals surface area contributed by atoms with Gasteiger partial charge in [-0.25, -0.2) is 4.79 Å². The highest BCUT2D eigenvalue weighted by Crippen LogP contribution is 2.23. The molecule has 4 N–H and O–H groups in total. The zero-order valence-corrected chi connectivity index (χ0v) is 10.0. The molecule has 92 valence electrons. The molecule has 0 aliphatic heterocycles. The van der Waals surface area contributed by atoms with Gasteiger partial charge in [-0.3, -0.25) is 4.79 Å².